The van der Waals surface area contributed by atoms with Crippen LogP contribution in [-0.2, 0) is 9.59 Å². The van der Waals surface area contributed by atoms with E-state index >= 15 is 0 Å². The molecule has 4 rings (SSSR count). The van der Waals surface area contributed by atoms with Gasteiger partial charge in [-0.2, -0.15) is 0 Å². The number of nitrogens with one attached hydrogen (secondary N) is 1. The van der Waals surface area contributed by atoms with E-state index in [1.807, 2.05) is 38.1 Å². The van der Waals surface area contributed by atoms with Crippen molar-refractivity contribution in [3.05, 3.63) is 80.4 Å². The quantitative estimate of drug-likeness (QED) is 0.224. The highest BCUT2D eigenvalue weighted by Crippen LogP contribution is 2.40. The van der Waals surface area contributed by atoms with Crippen molar-refractivity contribution >= 4 is 62.9 Å². The molecule has 6 nitrogen and oxygen atoms in total. The van der Waals surface area contributed by atoms with Crippen LogP contribution in [-0.4, -0.2) is 17.6 Å². The minimum atomic E-state index is -0.386. The van der Waals surface area contributed by atoms with E-state index in [2.05, 4.69) is 27.9 Å². The molecule has 3 N–H and O–H groups in total. The zero-order chi connectivity index (χ0) is 22.3. The van der Waals surface area contributed by atoms with Crippen molar-refractivity contribution in [1.82, 2.24) is 0 Å². The molecule has 1 heterocycles. The lowest BCUT2D eigenvalue weighted by Gasteiger charge is -2.25. The number of nitrogen functional groups attached to an aromatic ring is 1. The Morgan fingerprint density at radius 3 is 2.45 bits per heavy atom. The second kappa shape index (κ2) is 8.14. The SMILES string of the molecule is Cc1ccc2c(c1C)NC(=O)CC(=O)N2c1ccc(C(=O)c2ccccc2I)cc1N. The summed E-state index contributed by atoms with van der Waals surface area (Å²) in [6, 6.07) is 15.9. The molecule has 0 unspecified atom stereocenters. The van der Waals surface area contributed by atoms with Crippen LogP contribution in [0.25, 0.3) is 0 Å². The third-order valence-electron chi connectivity index (χ3n) is 5.43. The van der Waals surface area contributed by atoms with Gasteiger partial charge in [-0.15, -0.1) is 0 Å². The second-order valence-corrected chi connectivity index (χ2v) is 8.60. The van der Waals surface area contributed by atoms with E-state index in [0.717, 1.165) is 14.7 Å². The molecule has 2 amide bonds. The van der Waals surface area contributed by atoms with E-state index < -0.39 is 0 Å². The van der Waals surface area contributed by atoms with Gasteiger partial charge in [0, 0.05) is 14.7 Å². The molecule has 0 fully saturated rings. The Kier molecular flexibility index (Phi) is 5.53. The van der Waals surface area contributed by atoms with Crippen LogP contribution < -0.4 is 16.0 Å². The number of benzene rings is 3. The Labute approximate surface area is 193 Å². The largest absolute Gasteiger partial charge is 0.397 e. The number of hydrogen-bond acceptors (Lipinski definition) is 4. The summed E-state index contributed by atoms with van der Waals surface area (Å²) >= 11 is 2.12. The number of nitrogens with two attached hydrogens (primary N) is 1. The summed E-state index contributed by atoms with van der Waals surface area (Å²) < 4.78 is 0.847. The van der Waals surface area contributed by atoms with Crippen LogP contribution in [0, 0.1) is 17.4 Å². The Morgan fingerprint density at radius 2 is 1.74 bits per heavy atom. The molecule has 0 saturated carbocycles. The summed E-state index contributed by atoms with van der Waals surface area (Å²) in [4.78, 5) is 39.6. The lowest BCUT2D eigenvalue weighted by atomic mass is 10.0. The van der Waals surface area contributed by atoms with Gasteiger partial charge in [0.05, 0.1) is 22.7 Å². The number of nitrogens with zero attached hydrogens (tertiary/aromatic N) is 1. The van der Waals surface area contributed by atoms with E-state index in [4.69, 9.17) is 5.73 Å². The Bertz CT molecular complexity index is 1250. The first-order valence-electron chi connectivity index (χ1n) is 9.69. The first-order valence-corrected chi connectivity index (χ1v) is 10.8. The number of halogens is 1. The van der Waals surface area contributed by atoms with Crippen LogP contribution in [0.5, 0.6) is 0 Å². The summed E-state index contributed by atoms with van der Waals surface area (Å²) in [5, 5.41) is 2.84. The Balaban J connectivity index is 1.81. The molecule has 0 radical (unpaired) electrons. The number of ketones is 1. The van der Waals surface area contributed by atoms with Crippen LogP contribution in [0.3, 0.4) is 0 Å². The summed E-state index contributed by atoms with van der Waals surface area (Å²) in [7, 11) is 0. The van der Waals surface area contributed by atoms with E-state index in [9.17, 15) is 14.4 Å². The van der Waals surface area contributed by atoms with Gasteiger partial charge in [0.2, 0.25) is 11.8 Å². The Hall–Kier alpha value is -3.20. The van der Waals surface area contributed by atoms with Crippen molar-refractivity contribution in [2.24, 2.45) is 0 Å². The standard InChI is InChI=1S/C24H20IN3O3/c1-13-7-9-20-23(14(13)2)27-21(29)12-22(30)28(20)19-10-8-15(11-18(19)26)24(31)16-5-3-4-6-17(16)25/h3-11H,12,26H2,1-2H3,(H,27,29). The van der Waals surface area contributed by atoms with Crippen molar-refractivity contribution in [1.29, 1.82) is 0 Å². The average Bonchev–Trinajstić information content (AvgIpc) is 2.86. The van der Waals surface area contributed by atoms with Gasteiger partial charge in [-0.3, -0.25) is 19.3 Å². The van der Waals surface area contributed by atoms with Crippen LogP contribution in [0.15, 0.2) is 54.6 Å². The molecule has 1 aliphatic heterocycles. The van der Waals surface area contributed by atoms with E-state index in [0.29, 0.717) is 28.2 Å². The normalized spacial score (nSPS) is 13.5. The number of carbonyl (C=O) groups is 3. The van der Waals surface area contributed by atoms with E-state index in [1.165, 1.54) is 4.90 Å². The summed E-state index contributed by atoms with van der Waals surface area (Å²) in [6.07, 6.45) is -0.296. The lowest BCUT2D eigenvalue weighted by molar-refractivity contribution is -0.124. The third-order valence-corrected chi connectivity index (χ3v) is 6.37. The van der Waals surface area contributed by atoms with Gasteiger partial charge in [0.15, 0.2) is 5.78 Å². The molecule has 0 aromatic heterocycles. The molecule has 0 spiro atoms. The number of carbonyl (C=O) groups excluding carboxylic acids is 3. The molecule has 0 aliphatic carbocycles. The summed E-state index contributed by atoms with van der Waals surface area (Å²) in [6.45, 7) is 3.84. The zero-order valence-corrected chi connectivity index (χ0v) is 19.2. The van der Waals surface area contributed by atoms with Crippen molar-refractivity contribution in [2.75, 3.05) is 16.0 Å². The van der Waals surface area contributed by atoms with E-state index in [1.54, 1.807) is 30.3 Å². The van der Waals surface area contributed by atoms with Crippen LogP contribution in [0.4, 0.5) is 22.7 Å². The first kappa shape index (κ1) is 21.0. The number of hydrogen-bond donors (Lipinski definition) is 2. The summed E-state index contributed by atoms with van der Waals surface area (Å²) in [5.41, 5.74) is 11.1. The van der Waals surface area contributed by atoms with Gasteiger partial charge >= 0.3 is 0 Å². The molecule has 1 aliphatic rings. The molecule has 156 valence electrons. The predicted octanol–water partition coefficient (Wildman–Crippen LogP) is 4.73. The highest BCUT2D eigenvalue weighted by atomic mass is 127. The number of amides is 2. The van der Waals surface area contributed by atoms with Crippen molar-refractivity contribution < 1.29 is 14.4 Å². The molecule has 31 heavy (non-hydrogen) atoms. The minimum Gasteiger partial charge on any atom is -0.397 e. The van der Waals surface area contributed by atoms with Gasteiger partial charge in [0.25, 0.3) is 0 Å². The highest BCUT2D eigenvalue weighted by molar-refractivity contribution is 14.1. The van der Waals surface area contributed by atoms with Crippen LogP contribution in [0.1, 0.15) is 33.5 Å². The first-order chi connectivity index (χ1) is 14.8. The molecule has 3 aromatic rings. The van der Waals surface area contributed by atoms with Crippen molar-refractivity contribution in [2.45, 2.75) is 20.3 Å². The average molecular weight is 525 g/mol. The number of anilines is 4. The second-order valence-electron chi connectivity index (χ2n) is 7.44. The lowest BCUT2D eigenvalue weighted by Crippen LogP contribution is -2.27. The fraction of sp³-hybridized carbons (Fsp3) is 0.125. The molecular formula is C24H20IN3O3. The maximum absolute atomic E-state index is 13.0. The van der Waals surface area contributed by atoms with Crippen molar-refractivity contribution in [3.8, 4) is 0 Å². The molecule has 7 heteroatoms. The van der Waals surface area contributed by atoms with Gasteiger partial charge < -0.3 is 11.1 Å². The van der Waals surface area contributed by atoms with Crippen LogP contribution >= 0.6 is 22.6 Å². The summed E-state index contributed by atoms with van der Waals surface area (Å²) in [5.74, 6) is -0.900. The molecule has 3 aromatic carbocycles. The van der Waals surface area contributed by atoms with Gasteiger partial charge in [-0.05, 0) is 84.0 Å². The van der Waals surface area contributed by atoms with Gasteiger partial charge in [-0.25, -0.2) is 0 Å². The third kappa shape index (κ3) is 3.81. The Morgan fingerprint density at radius 1 is 1.03 bits per heavy atom. The topological polar surface area (TPSA) is 92.5 Å². The number of rotatable bonds is 3. The number of fused-ring (bicyclic) bond motifs is 1. The predicted molar refractivity (Wildman–Crippen MR) is 130 cm³/mol. The maximum Gasteiger partial charge on any atom is 0.241 e. The zero-order valence-electron chi connectivity index (χ0n) is 17.0. The fourth-order valence-electron chi connectivity index (χ4n) is 3.64. The molecular weight excluding hydrogens is 505 g/mol. The van der Waals surface area contributed by atoms with E-state index in [-0.39, 0.29) is 29.7 Å². The number of aryl methyl sites for hydroxylation is 1. The van der Waals surface area contributed by atoms with Gasteiger partial charge in [0.1, 0.15) is 6.42 Å². The smallest absolute Gasteiger partial charge is 0.241 e. The van der Waals surface area contributed by atoms with Crippen LogP contribution in [0.2, 0.25) is 0 Å². The minimum absolute atomic E-state index is 0.144. The molecule has 0 saturated heterocycles. The highest BCUT2D eigenvalue weighted by Gasteiger charge is 2.30. The molecule has 0 bridgehead atoms. The monoisotopic (exact) mass is 525 g/mol. The van der Waals surface area contributed by atoms with Gasteiger partial charge in [-0.1, -0.05) is 18.2 Å². The molecule has 0 atom stereocenters. The van der Waals surface area contributed by atoms with Crippen molar-refractivity contribution in [3.63, 3.8) is 0 Å². The fourth-order valence-corrected chi connectivity index (χ4v) is 4.28. The maximum atomic E-state index is 13.0.